The Kier molecular flexibility index (Phi) is 7.36. The Morgan fingerprint density at radius 3 is 2.17 bits per heavy atom. The second kappa shape index (κ2) is 8.39. The number of hydrogen-bond acceptors (Lipinski definition) is 6. The number of quaternary nitrogens is 1. The van der Waals surface area contributed by atoms with E-state index in [1.165, 1.54) is 24.3 Å². The Hall–Kier alpha value is -1.00. The van der Waals surface area contributed by atoms with Gasteiger partial charge in [0.1, 0.15) is 16.7 Å². The van der Waals surface area contributed by atoms with E-state index >= 15 is 0 Å². The molecule has 2 rings (SSSR count). The topological polar surface area (TPSA) is 101 Å². The minimum atomic E-state index is -4.25. The molecule has 1 aromatic rings. The molecule has 7 nitrogen and oxygen atoms in total. The fourth-order valence-corrected chi connectivity index (χ4v) is 4.08. The summed E-state index contributed by atoms with van der Waals surface area (Å²) in [6.07, 6.45) is 0.603. The van der Waals surface area contributed by atoms with E-state index in [0.29, 0.717) is 18.8 Å². The van der Waals surface area contributed by atoms with Gasteiger partial charge < -0.3 is 13.8 Å². The Morgan fingerprint density at radius 2 is 1.79 bits per heavy atom. The van der Waals surface area contributed by atoms with Crippen molar-refractivity contribution >= 4 is 20.0 Å². The van der Waals surface area contributed by atoms with Crippen molar-refractivity contribution in [3.05, 3.63) is 30.3 Å². The van der Waals surface area contributed by atoms with E-state index in [1.54, 1.807) is 6.07 Å². The lowest BCUT2D eigenvalue weighted by molar-refractivity contribution is -0.870. The third-order valence-electron chi connectivity index (χ3n) is 3.34. The Bertz CT molecular complexity index is 708. The number of rotatable bonds is 5. The Balaban J connectivity index is 0.000000254. The molecule has 1 aromatic carbocycles. The zero-order chi connectivity index (χ0) is 18.4. The maximum absolute atomic E-state index is 11.1. The van der Waals surface area contributed by atoms with Gasteiger partial charge in [0, 0.05) is 0 Å². The molecule has 0 radical (unpaired) electrons. The molecular weight excluding hydrogens is 354 g/mol. The summed E-state index contributed by atoms with van der Waals surface area (Å²) in [6.45, 7) is 1.56. The summed E-state index contributed by atoms with van der Waals surface area (Å²) in [4.78, 5) is -0.185. The van der Waals surface area contributed by atoms with Crippen molar-refractivity contribution in [2.75, 3.05) is 45.8 Å². The molecule has 1 heterocycles. The van der Waals surface area contributed by atoms with Crippen LogP contribution in [0.5, 0.6) is 0 Å². The third-order valence-corrected chi connectivity index (χ3v) is 5.93. The summed E-state index contributed by atoms with van der Waals surface area (Å²) in [5.74, 6) is 0.506. The van der Waals surface area contributed by atoms with E-state index in [4.69, 9.17) is 4.74 Å². The van der Waals surface area contributed by atoms with Gasteiger partial charge in [0.05, 0.1) is 50.3 Å². The van der Waals surface area contributed by atoms with Crippen molar-refractivity contribution in [2.24, 2.45) is 0 Å². The molecule has 1 saturated heterocycles. The fourth-order valence-electron chi connectivity index (χ4n) is 1.97. The van der Waals surface area contributed by atoms with Gasteiger partial charge in [-0.05, 0) is 18.6 Å². The van der Waals surface area contributed by atoms with Crippen molar-refractivity contribution < 1.29 is 30.6 Å². The van der Waals surface area contributed by atoms with Gasteiger partial charge >= 0.3 is 0 Å². The predicted octanol–water partition coefficient (Wildman–Crippen LogP) is 0.487. The van der Waals surface area contributed by atoms with Gasteiger partial charge in [0.15, 0.2) is 9.84 Å². The van der Waals surface area contributed by atoms with E-state index in [2.05, 4.69) is 21.1 Å². The fraction of sp³-hybridized carbons (Fsp3) is 0.600. The van der Waals surface area contributed by atoms with Crippen molar-refractivity contribution in [2.45, 2.75) is 17.4 Å². The highest BCUT2D eigenvalue weighted by molar-refractivity contribution is 7.91. The molecule has 1 aliphatic rings. The zero-order valence-corrected chi connectivity index (χ0v) is 15.8. The minimum Gasteiger partial charge on any atom is -0.744 e. The number of benzene rings is 1. The van der Waals surface area contributed by atoms with Crippen LogP contribution in [0.3, 0.4) is 0 Å². The third kappa shape index (κ3) is 8.74. The zero-order valence-electron chi connectivity index (χ0n) is 14.2. The average molecular weight is 380 g/mol. The first-order valence-corrected chi connectivity index (χ1v) is 10.8. The van der Waals surface area contributed by atoms with Crippen molar-refractivity contribution in [3.63, 3.8) is 0 Å². The van der Waals surface area contributed by atoms with Gasteiger partial charge in [-0.1, -0.05) is 18.2 Å². The molecule has 1 fully saturated rings. The van der Waals surface area contributed by atoms with Gasteiger partial charge in [-0.2, -0.15) is 0 Å². The molecule has 1 atom stereocenters. The lowest BCUT2D eigenvalue weighted by atomic mass is 10.3. The van der Waals surface area contributed by atoms with Crippen molar-refractivity contribution in [3.8, 4) is 0 Å². The van der Waals surface area contributed by atoms with E-state index < -0.39 is 20.0 Å². The van der Waals surface area contributed by atoms with Gasteiger partial charge in [-0.15, -0.1) is 0 Å². The highest BCUT2D eigenvalue weighted by Crippen LogP contribution is 2.14. The predicted molar refractivity (Wildman–Crippen MR) is 90.3 cm³/mol. The lowest BCUT2D eigenvalue weighted by Crippen LogP contribution is -2.38. The molecule has 0 aliphatic carbocycles. The second-order valence-corrected chi connectivity index (χ2v) is 10.3. The van der Waals surface area contributed by atoms with E-state index in [1.807, 2.05) is 0 Å². The molecule has 9 heteroatoms. The maximum Gasteiger partial charge on any atom is 0.152 e. The molecule has 0 N–H and O–H groups in total. The first-order chi connectivity index (χ1) is 10.9. The normalized spacial score (nSPS) is 20.2. The minimum absolute atomic E-state index is 0.0634. The standard InChI is InChI=1S/C9H20NO3S.C6H6O3S/c1-10(2,3)5-6-13-9-4-7-14(11,12)8-9;7-10(8,9)6-4-2-1-3-5-6/h9H,4-8H2,1-3H3;1-5H,(H,7,8,9)/q+1;/p-1. The first kappa shape index (κ1) is 21.0. The molecule has 0 amide bonds. The van der Waals surface area contributed by atoms with Crippen LogP contribution >= 0.6 is 0 Å². The molecule has 1 unspecified atom stereocenters. The van der Waals surface area contributed by atoms with Crippen LogP contribution in [0.4, 0.5) is 0 Å². The van der Waals surface area contributed by atoms with E-state index in [9.17, 15) is 21.4 Å². The van der Waals surface area contributed by atoms with Gasteiger partial charge in [-0.25, -0.2) is 16.8 Å². The smallest absolute Gasteiger partial charge is 0.152 e. The first-order valence-electron chi connectivity index (χ1n) is 7.52. The number of sulfone groups is 1. The molecule has 1 aliphatic heterocycles. The van der Waals surface area contributed by atoms with E-state index in [-0.39, 0.29) is 16.8 Å². The number of nitrogens with zero attached hydrogens (tertiary/aromatic N) is 1. The molecule has 0 spiro atoms. The highest BCUT2D eigenvalue weighted by atomic mass is 32.2. The summed E-state index contributed by atoms with van der Waals surface area (Å²) in [5, 5.41) is 0. The number of ether oxygens (including phenoxy) is 1. The van der Waals surface area contributed by atoms with Crippen LogP contribution in [0.1, 0.15) is 6.42 Å². The van der Waals surface area contributed by atoms with Gasteiger partial charge in [0.2, 0.25) is 0 Å². The maximum atomic E-state index is 11.1. The summed E-state index contributed by atoms with van der Waals surface area (Å²) >= 11 is 0. The highest BCUT2D eigenvalue weighted by Gasteiger charge is 2.28. The summed E-state index contributed by atoms with van der Waals surface area (Å²) < 4.78 is 59.4. The van der Waals surface area contributed by atoms with Gasteiger partial charge in [0.25, 0.3) is 0 Å². The molecule has 0 bridgehead atoms. The number of hydrogen-bond donors (Lipinski definition) is 0. The molecule has 0 saturated carbocycles. The monoisotopic (exact) mass is 379 g/mol. The SMILES string of the molecule is C[N+](C)(C)CCOC1CCS(=O)(=O)C1.O=S(=O)([O-])c1ccccc1. The van der Waals surface area contributed by atoms with Crippen LogP contribution in [0.2, 0.25) is 0 Å². The van der Waals surface area contributed by atoms with Crippen LogP contribution in [0.25, 0.3) is 0 Å². The summed E-state index contributed by atoms with van der Waals surface area (Å²) in [5.41, 5.74) is 0. The van der Waals surface area contributed by atoms with Crippen LogP contribution in [0, 0.1) is 0 Å². The number of likely N-dealkylation sites (N-methyl/N-ethyl adjacent to an activating group) is 1. The average Bonchev–Trinajstić information content (AvgIpc) is 2.78. The largest absolute Gasteiger partial charge is 0.744 e. The van der Waals surface area contributed by atoms with Crippen molar-refractivity contribution in [1.29, 1.82) is 0 Å². The lowest BCUT2D eigenvalue weighted by Gasteiger charge is -2.24. The summed E-state index contributed by atoms with van der Waals surface area (Å²) in [6, 6.07) is 7.19. The molecule has 138 valence electrons. The Labute approximate surface area is 144 Å². The molecule has 24 heavy (non-hydrogen) atoms. The second-order valence-electron chi connectivity index (χ2n) is 6.68. The van der Waals surface area contributed by atoms with Crippen LogP contribution < -0.4 is 0 Å². The summed E-state index contributed by atoms with van der Waals surface area (Å²) in [7, 11) is -0.768. The quantitative estimate of drug-likeness (QED) is 0.545. The van der Waals surface area contributed by atoms with Crippen LogP contribution in [0.15, 0.2) is 35.2 Å². The van der Waals surface area contributed by atoms with Crippen molar-refractivity contribution in [1.82, 2.24) is 0 Å². The van der Waals surface area contributed by atoms with Crippen LogP contribution in [-0.4, -0.2) is 77.8 Å². The van der Waals surface area contributed by atoms with Gasteiger partial charge in [-0.3, -0.25) is 0 Å². The van der Waals surface area contributed by atoms with Crippen LogP contribution in [-0.2, 0) is 24.7 Å². The molecular formula is C15H25NO6S2. The van der Waals surface area contributed by atoms with E-state index in [0.717, 1.165) is 11.0 Å². The Morgan fingerprint density at radius 1 is 1.21 bits per heavy atom. The molecule has 0 aromatic heterocycles.